The van der Waals surface area contributed by atoms with Crippen LogP contribution in [0.15, 0.2) is 24.5 Å². The van der Waals surface area contributed by atoms with Gasteiger partial charge in [-0.1, -0.05) is 4.51 Å². The molecule has 1 aliphatic rings. The minimum atomic E-state index is 0.0677. The molecule has 0 atom stereocenters. The molecule has 2 nitrogen and oxygen atoms in total. The summed E-state index contributed by atoms with van der Waals surface area (Å²) in [5.74, 6) is 0.754. The standard InChI is InChI=1S/C11H15IN2/c1-12-14-8-4-11(5-9-14)10-2-6-13-7-3-10/h2-3,6-7,11H,1,4-5,8-9H2. The fraction of sp³-hybridized carbons (Fsp3) is 0.455. The van der Waals surface area contributed by atoms with Crippen LogP contribution in [-0.2, 0) is 0 Å². The molecule has 0 bridgehead atoms. The van der Waals surface area contributed by atoms with Crippen molar-refractivity contribution in [1.29, 1.82) is 0 Å². The summed E-state index contributed by atoms with van der Waals surface area (Å²) in [5, 5.41) is 0. The fourth-order valence-electron chi connectivity index (χ4n) is 1.94. The van der Waals surface area contributed by atoms with E-state index in [-0.39, 0.29) is 21.0 Å². The molecule has 1 saturated heterocycles. The van der Waals surface area contributed by atoms with E-state index in [9.17, 15) is 0 Å². The third-order valence-corrected chi connectivity index (χ3v) is 4.72. The highest BCUT2D eigenvalue weighted by Gasteiger charge is 2.18. The highest BCUT2D eigenvalue weighted by atomic mass is 127. The van der Waals surface area contributed by atoms with Crippen LogP contribution >= 0.6 is 21.0 Å². The molecular weight excluding hydrogens is 287 g/mol. The Bertz CT molecular complexity index is 291. The van der Waals surface area contributed by atoms with Crippen LogP contribution < -0.4 is 0 Å². The SMILES string of the molecule is C=IN1CCC(c2ccncc2)CC1. The highest BCUT2D eigenvalue weighted by Crippen LogP contribution is 2.29. The Morgan fingerprint density at radius 1 is 1.29 bits per heavy atom. The van der Waals surface area contributed by atoms with Crippen LogP contribution in [0.1, 0.15) is 24.3 Å². The Labute approximate surface area is 95.4 Å². The Balaban J connectivity index is 1.99. The van der Waals surface area contributed by atoms with Gasteiger partial charge in [0.25, 0.3) is 0 Å². The van der Waals surface area contributed by atoms with Gasteiger partial charge in [0, 0.05) is 25.5 Å². The predicted molar refractivity (Wildman–Crippen MR) is 68.9 cm³/mol. The number of hydrogen-bond acceptors (Lipinski definition) is 2. The minimum absolute atomic E-state index is 0.0677. The van der Waals surface area contributed by atoms with Crippen molar-refractivity contribution in [1.82, 2.24) is 8.10 Å². The molecule has 1 aromatic heterocycles. The lowest BCUT2D eigenvalue weighted by atomic mass is 9.91. The first-order chi connectivity index (χ1) is 6.90. The van der Waals surface area contributed by atoms with E-state index in [1.807, 2.05) is 12.4 Å². The van der Waals surface area contributed by atoms with Crippen LogP contribution in [0.3, 0.4) is 0 Å². The van der Waals surface area contributed by atoms with Gasteiger partial charge in [0.15, 0.2) is 0 Å². The van der Waals surface area contributed by atoms with E-state index in [1.165, 1.54) is 31.5 Å². The van der Waals surface area contributed by atoms with E-state index < -0.39 is 0 Å². The average molecular weight is 302 g/mol. The Morgan fingerprint density at radius 3 is 2.50 bits per heavy atom. The molecule has 0 N–H and O–H groups in total. The third-order valence-electron chi connectivity index (χ3n) is 2.79. The molecule has 0 spiro atoms. The zero-order chi connectivity index (χ0) is 9.80. The molecule has 0 amide bonds. The summed E-state index contributed by atoms with van der Waals surface area (Å²) in [6.45, 7) is 2.48. The van der Waals surface area contributed by atoms with E-state index in [4.69, 9.17) is 0 Å². The maximum absolute atomic E-state index is 4.06. The predicted octanol–water partition coefficient (Wildman–Crippen LogP) is 2.58. The second kappa shape index (κ2) is 4.98. The molecule has 3 heteroatoms. The van der Waals surface area contributed by atoms with Gasteiger partial charge in [-0.2, -0.15) is 0 Å². The number of rotatable bonds is 2. The van der Waals surface area contributed by atoms with Gasteiger partial charge in [0.2, 0.25) is 0 Å². The molecule has 1 fully saturated rings. The summed E-state index contributed by atoms with van der Waals surface area (Å²) in [5.41, 5.74) is 1.46. The lowest BCUT2D eigenvalue weighted by Crippen LogP contribution is -2.25. The molecule has 14 heavy (non-hydrogen) atoms. The van der Waals surface area contributed by atoms with E-state index in [0.29, 0.717) is 0 Å². The first-order valence-corrected chi connectivity index (χ1v) is 7.42. The molecule has 0 unspecified atom stereocenters. The van der Waals surface area contributed by atoms with Crippen LogP contribution in [0.4, 0.5) is 0 Å². The molecule has 1 aromatic rings. The molecular formula is C11H15IN2. The Hall–Kier alpha value is -0.290. The third kappa shape index (κ3) is 2.39. The van der Waals surface area contributed by atoms with Crippen molar-refractivity contribution in [3.8, 4) is 0 Å². The monoisotopic (exact) mass is 302 g/mol. The molecule has 0 aliphatic carbocycles. The van der Waals surface area contributed by atoms with Crippen molar-refractivity contribution in [2.24, 2.45) is 0 Å². The van der Waals surface area contributed by atoms with Gasteiger partial charge >= 0.3 is 0 Å². The average Bonchev–Trinajstić information content (AvgIpc) is 2.30. The first-order valence-electron chi connectivity index (χ1n) is 4.93. The summed E-state index contributed by atoms with van der Waals surface area (Å²) in [7, 11) is 0. The minimum Gasteiger partial charge on any atom is -0.265 e. The summed E-state index contributed by atoms with van der Waals surface area (Å²) < 4.78 is 6.56. The number of nitrogens with zero attached hydrogens (tertiary/aromatic N) is 2. The molecule has 1 aliphatic heterocycles. The number of piperidine rings is 1. The lowest BCUT2D eigenvalue weighted by Gasteiger charge is -2.28. The van der Waals surface area contributed by atoms with Crippen LogP contribution in [0.2, 0.25) is 0 Å². The van der Waals surface area contributed by atoms with Gasteiger partial charge in [-0.25, -0.2) is 0 Å². The van der Waals surface area contributed by atoms with Crippen LogP contribution in [-0.4, -0.2) is 25.7 Å². The van der Waals surface area contributed by atoms with Gasteiger partial charge in [-0.3, -0.25) is 8.10 Å². The van der Waals surface area contributed by atoms with Gasteiger partial charge in [0.05, 0.1) is 0 Å². The molecule has 0 aromatic carbocycles. The van der Waals surface area contributed by atoms with Crippen molar-refractivity contribution >= 4 is 25.5 Å². The van der Waals surface area contributed by atoms with E-state index in [0.717, 1.165) is 5.92 Å². The summed E-state index contributed by atoms with van der Waals surface area (Å²) in [6, 6.07) is 4.30. The molecule has 2 heterocycles. The fourth-order valence-corrected chi connectivity index (χ4v) is 3.18. The summed E-state index contributed by atoms with van der Waals surface area (Å²) in [4.78, 5) is 4.06. The van der Waals surface area contributed by atoms with Crippen LogP contribution in [0, 0.1) is 0 Å². The maximum atomic E-state index is 4.06. The first kappa shape index (κ1) is 10.2. The van der Waals surface area contributed by atoms with E-state index >= 15 is 0 Å². The Kier molecular flexibility index (Phi) is 3.64. The zero-order valence-electron chi connectivity index (χ0n) is 8.19. The van der Waals surface area contributed by atoms with Gasteiger partial charge in [0.1, 0.15) is 0 Å². The van der Waals surface area contributed by atoms with Crippen molar-refractivity contribution in [2.75, 3.05) is 13.1 Å². The van der Waals surface area contributed by atoms with E-state index in [2.05, 4.69) is 24.7 Å². The highest BCUT2D eigenvalue weighted by molar-refractivity contribution is 14.2. The smallest absolute Gasteiger partial charge is 0.0270 e. The molecule has 76 valence electrons. The quantitative estimate of drug-likeness (QED) is 0.616. The maximum Gasteiger partial charge on any atom is 0.0270 e. The van der Waals surface area contributed by atoms with Crippen LogP contribution in [0.5, 0.6) is 0 Å². The van der Waals surface area contributed by atoms with Crippen molar-refractivity contribution in [3.05, 3.63) is 30.1 Å². The van der Waals surface area contributed by atoms with Gasteiger partial charge in [-0.15, -0.1) is 0 Å². The van der Waals surface area contributed by atoms with Gasteiger partial charge in [-0.05, 0) is 57.5 Å². The largest absolute Gasteiger partial charge is 0.265 e. The summed E-state index contributed by atoms with van der Waals surface area (Å²) >= 11 is 0.0677. The zero-order valence-corrected chi connectivity index (χ0v) is 10.4. The number of aromatic nitrogens is 1. The lowest BCUT2D eigenvalue weighted by molar-refractivity contribution is 0.368. The van der Waals surface area contributed by atoms with E-state index in [1.54, 1.807) is 0 Å². The normalized spacial score (nSPS) is 19.7. The van der Waals surface area contributed by atoms with Crippen molar-refractivity contribution in [2.45, 2.75) is 18.8 Å². The number of hydrogen-bond donors (Lipinski definition) is 0. The molecule has 0 saturated carbocycles. The van der Waals surface area contributed by atoms with Crippen molar-refractivity contribution in [3.63, 3.8) is 0 Å². The Morgan fingerprint density at radius 2 is 1.93 bits per heavy atom. The number of pyridine rings is 1. The number of halogens is 1. The second-order valence-corrected chi connectivity index (χ2v) is 5.63. The topological polar surface area (TPSA) is 16.1 Å². The van der Waals surface area contributed by atoms with Gasteiger partial charge < -0.3 is 0 Å². The van der Waals surface area contributed by atoms with Crippen LogP contribution in [0.25, 0.3) is 0 Å². The molecule has 2 rings (SSSR count). The second-order valence-electron chi connectivity index (χ2n) is 3.58. The summed E-state index contributed by atoms with van der Waals surface area (Å²) in [6.07, 6.45) is 6.38. The van der Waals surface area contributed by atoms with Crippen molar-refractivity contribution < 1.29 is 0 Å². The molecule has 0 radical (unpaired) electrons.